The average Bonchev–Trinajstić information content (AvgIpc) is 1.29. The van der Waals surface area contributed by atoms with E-state index in [0.29, 0.717) is 173 Å². The third-order valence-corrected chi connectivity index (χ3v) is 26.8. The highest BCUT2D eigenvalue weighted by Crippen LogP contribution is 2.44. The molecule has 0 spiro atoms. The predicted octanol–water partition coefficient (Wildman–Crippen LogP) is 27.1. The number of aromatic amines is 2. The molecule has 128 heavy (non-hydrogen) atoms. The highest BCUT2D eigenvalue weighted by atomic mass is 35.5. The van der Waals surface area contributed by atoms with Gasteiger partial charge in [-0.05, 0) is 198 Å². The summed E-state index contributed by atoms with van der Waals surface area (Å²) in [6.07, 6.45) is 4.25. The first kappa shape index (κ1) is 89.5. The molecule has 4 atom stereocenters. The fourth-order valence-corrected chi connectivity index (χ4v) is 19.8. The number of rotatable bonds is 12. The highest BCUT2D eigenvalue weighted by molar-refractivity contribution is 6.41. The monoisotopic (exact) mass is 1930 g/mol. The number of hydrogen-bond acceptors (Lipinski definition) is 10. The number of aromatic nitrogens is 2. The van der Waals surface area contributed by atoms with E-state index >= 15 is 0 Å². The number of H-pyrrole nitrogens is 2. The molecule has 3 aromatic heterocycles. The van der Waals surface area contributed by atoms with Gasteiger partial charge in [-0.15, -0.1) is 0 Å². The van der Waals surface area contributed by atoms with Crippen molar-refractivity contribution in [1.29, 1.82) is 0 Å². The molecule has 0 aliphatic carbocycles. The van der Waals surface area contributed by atoms with Crippen LogP contribution in [0, 0.1) is 0 Å². The molecule has 16 nitrogen and oxygen atoms in total. The molecular formula is C100H79Cl12N11O5. The maximum Gasteiger partial charge on any atom is 0.289 e. The molecule has 20 rings (SSSR count). The zero-order valence-electron chi connectivity index (χ0n) is 68.2. The number of nitrogens with zero attached hydrogens (tertiary/aromatic N) is 9. The Morgan fingerprint density at radius 3 is 1.16 bits per heavy atom. The van der Waals surface area contributed by atoms with Crippen LogP contribution in [0.1, 0.15) is 83.3 Å². The first-order chi connectivity index (χ1) is 62.0. The topological polar surface area (TPSA) is 151 Å². The normalized spacial score (nSPS) is 16.9. The van der Waals surface area contributed by atoms with Crippen LogP contribution in [0.15, 0.2) is 295 Å². The Labute approximate surface area is 800 Å². The fraction of sp³-hybridized carbons (Fsp3) is 0.170. The van der Waals surface area contributed by atoms with Crippen LogP contribution < -0.4 is 19.6 Å². The summed E-state index contributed by atoms with van der Waals surface area (Å²) in [7, 11) is 0. The lowest BCUT2D eigenvalue weighted by molar-refractivity contribution is -0.125. The van der Waals surface area contributed by atoms with Gasteiger partial charge in [0.2, 0.25) is 0 Å². The van der Waals surface area contributed by atoms with Crippen molar-refractivity contribution in [2.75, 3.05) is 98.1 Å². The van der Waals surface area contributed by atoms with Gasteiger partial charge in [-0.3, -0.25) is 19.2 Å². The summed E-state index contributed by atoms with van der Waals surface area (Å²) in [5, 5.41) is 10.3. The number of nitrogens with one attached hydrogen (secondary N) is 2. The Hall–Kier alpha value is -10.5. The van der Waals surface area contributed by atoms with Crippen molar-refractivity contribution in [1.82, 2.24) is 29.6 Å². The van der Waals surface area contributed by atoms with Gasteiger partial charge in [0.25, 0.3) is 23.6 Å². The lowest BCUT2D eigenvalue weighted by Gasteiger charge is -2.43. The highest BCUT2D eigenvalue weighted by Gasteiger charge is 2.39. The smallest absolute Gasteiger partial charge is 0.289 e. The maximum absolute atomic E-state index is 13.5. The lowest BCUT2D eigenvalue weighted by atomic mass is 10.0. The summed E-state index contributed by atoms with van der Waals surface area (Å²) < 4.78 is 5.83. The summed E-state index contributed by atoms with van der Waals surface area (Å²) in [5.74, 6) is 0.250. The third kappa shape index (κ3) is 20.1. The second-order valence-corrected chi connectivity index (χ2v) is 36.6. The van der Waals surface area contributed by atoms with E-state index in [4.69, 9.17) is 144 Å². The number of amides is 4. The van der Waals surface area contributed by atoms with Gasteiger partial charge in [-0.2, -0.15) is 0 Å². The minimum absolute atomic E-state index is 0.0120. The Balaban J connectivity index is 0.000000120. The molecular weight excluding hydrogens is 1860 g/mol. The lowest BCUT2D eigenvalue weighted by Crippen LogP contribution is -2.52. The number of aliphatic imine (C=N–C) groups is 1. The summed E-state index contributed by atoms with van der Waals surface area (Å²) in [4.78, 5) is 81.0. The van der Waals surface area contributed by atoms with Crippen molar-refractivity contribution in [2.45, 2.75) is 30.6 Å². The van der Waals surface area contributed by atoms with Crippen LogP contribution in [-0.2, 0) is 11.2 Å². The molecule has 12 aromatic carbocycles. The number of benzene rings is 12. The summed E-state index contributed by atoms with van der Waals surface area (Å²) in [6.45, 7) is 6.90. The van der Waals surface area contributed by atoms with Gasteiger partial charge in [-0.1, -0.05) is 242 Å². The van der Waals surface area contributed by atoms with Crippen molar-refractivity contribution in [3.63, 3.8) is 0 Å². The predicted molar refractivity (Wildman–Crippen MR) is 526 cm³/mol. The number of anilines is 4. The molecule has 0 radical (unpaired) electrons. The van der Waals surface area contributed by atoms with E-state index in [2.05, 4.69) is 34.6 Å². The van der Waals surface area contributed by atoms with E-state index < -0.39 is 0 Å². The first-order valence-corrected chi connectivity index (χ1v) is 45.9. The second-order valence-electron chi connectivity index (χ2n) is 31.5. The van der Waals surface area contributed by atoms with Crippen molar-refractivity contribution >= 4 is 230 Å². The van der Waals surface area contributed by atoms with Gasteiger partial charge in [0.15, 0.2) is 5.76 Å². The van der Waals surface area contributed by atoms with E-state index in [0.717, 1.165) is 83.4 Å². The second kappa shape index (κ2) is 39.8. The van der Waals surface area contributed by atoms with Gasteiger partial charge < -0.3 is 53.6 Å². The van der Waals surface area contributed by atoms with Crippen LogP contribution in [0.25, 0.3) is 32.8 Å². The molecule has 2 N–H and O–H groups in total. The number of piperazine rings is 4. The van der Waals surface area contributed by atoms with Gasteiger partial charge >= 0.3 is 0 Å². The minimum Gasteiger partial charge on any atom is -0.451 e. The van der Waals surface area contributed by atoms with E-state index in [-0.39, 0.29) is 47.8 Å². The Morgan fingerprint density at radius 1 is 0.328 bits per heavy atom. The van der Waals surface area contributed by atoms with Crippen LogP contribution >= 0.6 is 139 Å². The van der Waals surface area contributed by atoms with Gasteiger partial charge in [0, 0.05) is 170 Å². The van der Waals surface area contributed by atoms with Crippen molar-refractivity contribution in [2.24, 2.45) is 4.99 Å². The van der Waals surface area contributed by atoms with Gasteiger partial charge in [-0.25, -0.2) is 4.99 Å². The molecule has 4 unspecified atom stereocenters. The van der Waals surface area contributed by atoms with Crippen LogP contribution in [0.4, 0.5) is 28.4 Å². The van der Waals surface area contributed by atoms with Crippen LogP contribution in [-0.4, -0.2) is 137 Å². The largest absolute Gasteiger partial charge is 0.451 e. The number of furan rings is 1. The summed E-state index contributed by atoms with van der Waals surface area (Å²) >= 11 is 75.2. The molecule has 4 saturated heterocycles. The Bertz CT molecular complexity index is 6480. The SMILES string of the molecule is O=C(C1=Nc2ccccc2C1)N1CCN(c2ccc(Cl)cc2Cl)C(c2ccc(Cl)cc2)C1.O=C(c1c[nH]c2ccccc12)N1CCN(c2ccc(Cl)cc2Cl)C(c2ccc(Cl)cc2)C1.O=C(c1cc2ccccc2o1)N1CCN(c2ccc(Cl)cc2Cl)C(c2ccc(Cl)cc2)C1.O=C(c1ccc2[nH]ccc2c1)N1CCN(c2ccc(Cl)cc2Cl)C(c2ccc(Cl)cc2)C1. The average molecular weight is 1940 g/mol. The number of carbonyl (C=O) groups is 4. The van der Waals surface area contributed by atoms with E-state index in [1.807, 2.05) is 268 Å². The zero-order chi connectivity index (χ0) is 89.0. The molecule has 0 saturated carbocycles. The number of carbonyl (C=O) groups excluding carboxylic acids is 4. The first-order valence-electron chi connectivity index (χ1n) is 41.3. The summed E-state index contributed by atoms with van der Waals surface area (Å²) in [6, 6.07) is 85.6. The molecule has 0 bridgehead atoms. The minimum atomic E-state index is -0.123. The quantitative estimate of drug-likeness (QED) is 0.122. The van der Waals surface area contributed by atoms with Gasteiger partial charge in [0.05, 0.1) is 78.3 Å². The Kier molecular flexibility index (Phi) is 27.8. The van der Waals surface area contributed by atoms with Crippen LogP contribution in [0.3, 0.4) is 0 Å². The number of fused-ring (bicyclic) bond motifs is 4. The number of para-hydroxylation sites is 3. The third-order valence-electron chi connectivity index (χ3n) is 23.7. The van der Waals surface area contributed by atoms with Crippen LogP contribution in [0.5, 0.6) is 0 Å². The molecule has 28 heteroatoms. The molecule has 5 aliphatic rings. The standard InChI is InChI=1S/3C25H20Cl3N3O.C25H19Cl3N2O2/c26-19-4-1-16(2-5-19)24-15-30(11-12-31(24)23-8-6-20(27)14-21(23)28)25(32)18-3-7-22-17(13-18)9-10-29-22;26-17-7-5-16(6-8-17)24-15-30(11-12-31(24)23-10-9-18(27)13-21(23)28)25(32)20-14-29-22-4-2-1-3-19(20)22;26-18-7-5-16(6-8-18)24-15-30(11-12-31(24)23-10-9-19(27)14-20(23)28)25(32)22-13-17-3-1-2-4-21(17)29-22;26-18-7-5-16(6-8-18)22-15-29(11-12-30(22)21-10-9-19(27)14-20(21)28)25(31)24-13-17-3-1-2-4-23(17)32-24/h2*1-10,13-14,24,29H,11-12,15H2;1-10,14,24H,11-13,15H2;1-10,13-14,22H,11-12,15H2. The van der Waals surface area contributed by atoms with E-state index in [1.54, 1.807) is 36.5 Å². The van der Waals surface area contributed by atoms with Crippen molar-refractivity contribution < 1.29 is 23.6 Å². The molecule has 15 aromatic rings. The van der Waals surface area contributed by atoms with Crippen molar-refractivity contribution in [3.8, 4) is 0 Å². The van der Waals surface area contributed by atoms with Crippen molar-refractivity contribution in [3.05, 3.63) is 390 Å². The Morgan fingerprint density at radius 2 is 0.719 bits per heavy atom. The maximum atomic E-state index is 13.5. The molecule has 4 amide bonds. The zero-order valence-corrected chi connectivity index (χ0v) is 77.3. The molecule has 5 aliphatic heterocycles. The van der Waals surface area contributed by atoms with E-state index in [1.165, 1.54) is 0 Å². The van der Waals surface area contributed by atoms with E-state index in [9.17, 15) is 19.2 Å². The molecule has 4 fully saturated rings. The fourth-order valence-electron chi connectivity index (χ4n) is 17.2. The summed E-state index contributed by atoms with van der Waals surface area (Å²) in [5.41, 5.74) is 14.4. The van der Waals surface area contributed by atoms with Crippen LogP contribution in [0.2, 0.25) is 60.3 Å². The van der Waals surface area contributed by atoms with Gasteiger partial charge in [0.1, 0.15) is 11.3 Å². The number of hydrogen-bond donors (Lipinski definition) is 2. The number of halogens is 12. The molecule has 648 valence electrons. The molecule has 8 heterocycles.